The van der Waals surface area contributed by atoms with Crippen molar-refractivity contribution >= 4 is 49.9 Å². The maximum absolute atomic E-state index is 9.42. The van der Waals surface area contributed by atoms with Crippen LogP contribution in [0.25, 0.3) is 21.1 Å². The molecule has 0 radical (unpaired) electrons. The second-order valence-corrected chi connectivity index (χ2v) is 6.25. The summed E-state index contributed by atoms with van der Waals surface area (Å²) in [5, 5.41) is 21.8. The minimum Gasteiger partial charge on any atom is -0.508 e. The summed E-state index contributed by atoms with van der Waals surface area (Å²) in [5.41, 5.74) is 2.34. The Balaban J connectivity index is 1.90. The van der Waals surface area contributed by atoms with Gasteiger partial charge in [-0.2, -0.15) is 0 Å². The van der Waals surface area contributed by atoms with E-state index in [-0.39, 0.29) is 11.6 Å². The summed E-state index contributed by atoms with van der Waals surface area (Å²) in [6, 6.07) is 10.5. The number of aromatic hydroxyl groups is 1. The number of phenols is 1. The van der Waals surface area contributed by atoms with Crippen molar-refractivity contribution in [3.8, 4) is 5.75 Å². The fourth-order valence-electron chi connectivity index (χ4n) is 2.49. The number of nitrogens with one attached hydrogen (secondary N) is 2. The van der Waals surface area contributed by atoms with Gasteiger partial charge in [0.25, 0.3) is 0 Å². The Labute approximate surface area is 146 Å². The fourth-order valence-corrected chi connectivity index (χ4v) is 3.53. The van der Waals surface area contributed by atoms with Crippen LogP contribution in [0, 0.1) is 5.41 Å². The summed E-state index contributed by atoms with van der Waals surface area (Å²) >= 11 is 1.37. The van der Waals surface area contributed by atoms with Crippen LogP contribution in [0.2, 0.25) is 0 Å². The molecule has 0 saturated carbocycles. The fraction of sp³-hybridized carbons (Fsp3) is 0.0588. The number of fused-ring (bicyclic) bond motifs is 3. The zero-order valence-corrected chi connectivity index (χ0v) is 14.0. The SMILES string of the molecule is COC(=N)c1nc2ccc3ncnc(Nc4ccc(O)cc4)c3c2s1. The van der Waals surface area contributed by atoms with E-state index in [0.717, 1.165) is 26.8 Å². The number of hydrogen-bond donors (Lipinski definition) is 3. The molecule has 4 rings (SSSR count). The molecule has 25 heavy (non-hydrogen) atoms. The Bertz CT molecular complexity index is 1090. The molecular formula is C17H13N5O2S. The first-order valence-corrected chi connectivity index (χ1v) is 8.20. The molecule has 0 spiro atoms. The Morgan fingerprint density at radius 2 is 1.88 bits per heavy atom. The van der Waals surface area contributed by atoms with Gasteiger partial charge < -0.3 is 15.2 Å². The Kier molecular flexibility index (Phi) is 3.66. The molecular weight excluding hydrogens is 338 g/mol. The number of anilines is 2. The van der Waals surface area contributed by atoms with Crippen LogP contribution < -0.4 is 5.32 Å². The molecule has 7 nitrogen and oxygen atoms in total. The van der Waals surface area contributed by atoms with E-state index in [1.165, 1.54) is 24.8 Å². The van der Waals surface area contributed by atoms with Gasteiger partial charge in [0.15, 0.2) is 5.01 Å². The molecule has 0 aliphatic rings. The van der Waals surface area contributed by atoms with Crippen molar-refractivity contribution in [2.24, 2.45) is 0 Å². The lowest BCUT2D eigenvalue weighted by Gasteiger charge is -2.08. The van der Waals surface area contributed by atoms with E-state index in [4.69, 9.17) is 10.1 Å². The minimum absolute atomic E-state index is 0.0271. The van der Waals surface area contributed by atoms with Crippen molar-refractivity contribution < 1.29 is 9.84 Å². The highest BCUT2D eigenvalue weighted by Crippen LogP contribution is 2.34. The molecule has 0 fully saturated rings. The predicted molar refractivity (Wildman–Crippen MR) is 97.9 cm³/mol. The summed E-state index contributed by atoms with van der Waals surface area (Å²) in [7, 11) is 1.45. The third kappa shape index (κ3) is 2.72. The number of methoxy groups -OCH3 is 1. The van der Waals surface area contributed by atoms with Gasteiger partial charge in [-0.25, -0.2) is 15.0 Å². The number of ether oxygens (including phenoxy) is 1. The van der Waals surface area contributed by atoms with Crippen LogP contribution in [0.4, 0.5) is 11.5 Å². The molecule has 8 heteroatoms. The van der Waals surface area contributed by atoms with Crippen LogP contribution in [0.5, 0.6) is 5.75 Å². The largest absolute Gasteiger partial charge is 0.508 e. The molecule has 124 valence electrons. The van der Waals surface area contributed by atoms with E-state index in [2.05, 4.69) is 20.3 Å². The maximum atomic E-state index is 9.42. The van der Waals surface area contributed by atoms with E-state index in [1.54, 1.807) is 24.3 Å². The highest BCUT2D eigenvalue weighted by atomic mass is 32.1. The first kappa shape index (κ1) is 15.3. The Hall–Kier alpha value is -3.26. The summed E-state index contributed by atoms with van der Waals surface area (Å²) in [6.45, 7) is 0. The molecule has 3 N–H and O–H groups in total. The number of rotatable bonds is 3. The summed E-state index contributed by atoms with van der Waals surface area (Å²) in [6.07, 6.45) is 1.50. The number of nitrogens with zero attached hydrogens (tertiary/aromatic N) is 3. The zero-order valence-electron chi connectivity index (χ0n) is 13.1. The Morgan fingerprint density at radius 3 is 2.64 bits per heavy atom. The van der Waals surface area contributed by atoms with Gasteiger partial charge in [0.05, 0.1) is 28.2 Å². The van der Waals surface area contributed by atoms with Crippen LogP contribution in [0.15, 0.2) is 42.7 Å². The standard InChI is InChI=1S/C17H13N5O2S/c1-24-15(18)17-22-12-7-6-11-13(14(12)25-17)16(20-8-19-11)21-9-2-4-10(23)5-3-9/h2-8,18,23H,1H3,(H,19,20,21). The number of benzene rings is 2. The third-order valence-electron chi connectivity index (χ3n) is 3.68. The second kappa shape index (κ2) is 5.99. The van der Waals surface area contributed by atoms with Crippen molar-refractivity contribution in [2.45, 2.75) is 0 Å². The molecule has 0 unspecified atom stereocenters. The Morgan fingerprint density at radius 1 is 1.12 bits per heavy atom. The molecule has 0 aliphatic carbocycles. The van der Waals surface area contributed by atoms with Crippen LogP contribution in [0.1, 0.15) is 5.01 Å². The lowest BCUT2D eigenvalue weighted by molar-refractivity contribution is 0.401. The highest BCUT2D eigenvalue weighted by molar-refractivity contribution is 7.21. The van der Waals surface area contributed by atoms with Gasteiger partial charge in [-0.1, -0.05) is 0 Å². The van der Waals surface area contributed by atoms with Crippen molar-refractivity contribution in [3.05, 3.63) is 47.7 Å². The smallest absolute Gasteiger partial charge is 0.242 e. The van der Waals surface area contributed by atoms with Gasteiger partial charge in [-0.3, -0.25) is 5.41 Å². The highest BCUT2D eigenvalue weighted by Gasteiger charge is 2.15. The first-order valence-electron chi connectivity index (χ1n) is 7.39. The second-order valence-electron chi connectivity index (χ2n) is 5.25. The van der Waals surface area contributed by atoms with Gasteiger partial charge in [0, 0.05) is 5.69 Å². The minimum atomic E-state index is 0.0271. The number of aromatic nitrogens is 3. The van der Waals surface area contributed by atoms with Crippen LogP contribution in [-0.2, 0) is 4.74 Å². The predicted octanol–water partition coefficient (Wildman–Crippen LogP) is 3.66. The van der Waals surface area contributed by atoms with E-state index >= 15 is 0 Å². The van der Waals surface area contributed by atoms with E-state index in [1.807, 2.05) is 12.1 Å². The normalized spacial score (nSPS) is 10.9. The van der Waals surface area contributed by atoms with Gasteiger partial charge in [0.1, 0.15) is 17.9 Å². The zero-order chi connectivity index (χ0) is 17.4. The molecule has 0 atom stereocenters. The van der Waals surface area contributed by atoms with Crippen molar-refractivity contribution in [1.29, 1.82) is 5.41 Å². The first-order chi connectivity index (χ1) is 12.2. The van der Waals surface area contributed by atoms with Crippen LogP contribution >= 0.6 is 11.3 Å². The molecule has 4 aromatic rings. The molecule has 2 aromatic heterocycles. The molecule has 2 aromatic carbocycles. The molecule has 2 heterocycles. The molecule has 0 saturated heterocycles. The van der Waals surface area contributed by atoms with E-state index in [9.17, 15) is 5.11 Å². The van der Waals surface area contributed by atoms with E-state index < -0.39 is 0 Å². The topological polar surface area (TPSA) is 104 Å². The lowest BCUT2D eigenvalue weighted by atomic mass is 10.2. The number of thiazole rings is 1. The number of hydrogen-bond acceptors (Lipinski definition) is 8. The average molecular weight is 351 g/mol. The van der Waals surface area contributed by atoms with Crippen LogP contribution in [-0.4, -0.2) is 33.1 Å². The van der Waals surface area contributed by atoms with Gasteiger partial charge in [-0.05, 0) is 36.4 Å². The molecule has 0 amide bonds. The molecule has 0 aliphatic heterocycles. The van der Waals surface area contributed by atoms with Gasteiger partial charge in [0.2, 0.25) is 5.90 Å². The van der Waals surface area contributed by atoms with Crippen molar-refractivity contribution in [3.63, 3.8) is 0 Å². The monoisotopic (exact) mass is 351 g/mol. The van der Waals surface area contributed by atoms with Gasteiger partial charge >= 0.3 is 0 Å². The summed E-state index contributed by atoms with van der Waals surface area (Å²) in [4.78, 5) is 13.1. The van der Waals surface area contributed by atoms with Gasteiger partial charge in [-0.15, -0.1) is 11.3 Å². The van der Waals surface area contributed by atoms with E-state index in [0.29, 0.717) is 10.8 Å². The summed E-state index contributed by atoms with van der Waals surface area (Å²) < 4.78 is 5.86. The number of phenolic OH excluding ortho intramolecular Hbond substituents is 1. The molecule has 0 bridgehead atoms. The average Bonchev–Trinajstić information content (AvgIpc) is 3.07. The maximum Gasteiger partial charge on any atom is 0.242 e. The summed E-state index contributed by atoms with van der Waals surface area (Å²) in [5.74, 6) is 0.866. The van der Waals surface area contributed by atoms with Crippen molar-refractivity contribution in [2.75, 3.05) is 12.4 Å². The van der Waals surface area contributed by atoms with Crippen molar-refractivity contribution in [1.82, 2.24) is 15.0 Å². The third-order valence-corrected chi connectivity index (χ3v) is 4.77. The lowest BCUT2D eigenvalue weighted by Crippen LogP contribution is -1.99. The quantitative estimate of drug-likeness (QED) is 0.296. The van der Waals surface area contributed by atoms with Crippen LogP contribution in [0.3, 0.4) is 0 Å².